The highest BCUT2D eigenvalue weighted by Gasteiger charge is 2.24. The van der Waals surface area contributed by atoms with Gasteiger partial charge in [0.1, 0.15) is 0 Å². The second kappa shape index (κ2) is 9.52. The molecular formula is C58H28. The summed E-state index contributed by atoms with van der Waals surface area (Å²) in [4.78, 5) is 0. The fourth-order valence-corrected chi connectivity index (χ4v) is 12.0. The van der Waals surface area contributed by atoms with Crippen LogP contribution in [0, 0.1) is 0 Å². The normalized spacial score (nSPS) is 13.2. The molecule has 0 atom stereocenters. The molecule has 0 saturated carbocycles. The maximum absolute atomic E-state index is 2.46. The molecule has 0 aliphatic rings. The lowest BCUT2D eigenvalue weighted by molar-refractivity contribution is 1.69. The van der Waals surface area contributed by atoms with E-state index in [0.29, 0.717) is 0 Å². The third-order valence-corrected chi connectivity index (χ3v) is 14.5. The molecule has 0 spiro atoms. The average molecular weight is 725 g/mol. The fourth-order valence-electron chi connectivity index (χ4n) is 12.0. The molecule has 0 unspecified atom stereocenters. The Morgan fingerprint density at radius 3 is 0.724 bits per heavy atom. The standard InChI is InChI=1S/C58H28/c1-17-38(45-27-40-19-15-34-9-5-30-3-7-32-11-13-36-21-23-43(45)57-53(36)49(32)47(30)51(34)55(40)57)25-42-26-39(18-2-29(1)42)46-28-41-20-16-35-10-6-31-4-8-33-12-14-37-22-24-44(46)58-54(37)50(33)48(31)52(35)56(41)58/h1-28H. The van der Waals surface area contributed by atoms with Crippen LogP contribution in [-0.2, 0) is 0 Å². The van der Waals surface area contributed by atoms with Crippen LogP contribution in [0.2, 0.25) is 0 Å². The predicted octanol–water partition coefficient (Wildman–Crippen LogP) is 16.6. The van der Waals surface area contributed by atoms with Crippen LogP contribution in [0.4, 0.5) is 0 Å². The highest BCUT2D eigenvalue weighted by Crippen LogP contribution is 2.52. The molecule has 0 radical (unpaired) electrons. The van der Waals surface area contributed by atoms with Crippen LogP contribution in [-0.4, -0.2) is 0 Å². The summed E-state index contributed by atoms with van der Waals surface area (Å²) in [5.74, 6) is 0. The van der Waals surface area contributed by atoms with Crippen molar-refractivity contribution in [1.82, 2.24) is 0 Å². The van der Waals surface area contributed by atoms with E-state index in [1.807, 2.05) is 0 Å². The van der Waals surface area contributed by atoms with Crippen LogP contribution in [0.15, 0.2) is 170 Å². The molecule has 16 aromatic carbocycles. The van der Waals surface area contributed by atoms with Crippen LogP contribution >= 0.6 is 0 Å². The van der Waals surface area contributed by atoms with Crippen molar-refractivity contribution < 1.29 is 0 Å². The van der Waals surface area contributed by atoms with E-state index in [9.17, 15) is 0 Å². The van der Waals surface area contributed by atoms with Crippen molar-refractivity contribution >= 4 is 140 Å². The van der Waals surface area contributed by atoms with E-state index in [0.717, 1.165) is 0 Å². The Labute approximate surface area is 330 Å². The van der Waals surface area contributed by atoms with E-state index in [-0.39, 0.29) is 0 Å². The Morgan fingerprint density at radius 2 is 0.397 bits per heavy atom. The quantitative estimate of drug-likeness (QED) is 0.123. The van der Waals surface area contributed by atoms with Crippen molar-refractivity contribution in [2.45, 2.75) is 0 Å². The Kier molecular flexibility index (Phi) is 4.73. The van der Waals surface area contributed by atoms with Crippen molar-refractivity contribution in [2.24, 2.45) is 0 Å². The van der Waals surface area contributed by atoms with Gasteiger partial charge >= 0.3 is 0 Å². The fraction of sp³-hybridized carbons (Fsp3) is 0. The molecule has 0 N–H and O–H groups in total. The minimum absolute atomic E-state index is 1.26. The lowest BCUT2D eigenvalue weighted by Gasteiger charge is -2.22. The van der Waals surface area contributed by atoms with Crippen LogP contribution in [0.5, 0.6) is 0 Å². The SMILES string of the molecule is c1cc2ccc(-c3cc4ccc5ccc6ccc7ccc8ccc3c3c8c7c6c5c43)cc2cc1-c1cc2ccc3ccc4ccc5ccc6ccc1c1c6c5c4c3c21. The minimum Gasteiger partial charge on any atom is -0.0538 e. The highest BCUT2D eigenvalue weighted by molar-refractivity contribution is 6.47. The van der Waals surface area contributed by atoms with Gasteiger partial charge in [-0.15, -0.1) is 0 Å². The predicted molar refractivity (Wildman–Crippen MR) is 252 cm³/mol. The first-order valence-corrected chi connectivity index (χ1v) is 20.5. The van der Waals surface area contributed by atoms with E-state index in [4.69, 9.17) is 0 Å². The van der Waals surface area contributed by atoms with Gasteiger partial charge in [0.2, 0.25) is 0 Å². The third kappa shape index (κ3) is 3.21. The van der Waals surface area contributed by atoms with Gasteiger partial charge in [-0.05, 0) is 187 Å². The molecule has 0 aliphatic carbocycles. The zero-order valence-electron chi connectivity index (χ0n) is 31.2. The largest absolute Gasteiger partial charge is 0.0538 e. The molecule has 260 valence electrons. The average Bonchev–Trinajstić information content (AvgIpc) is 3.28. The smallest absolute Gasteiger partial charge is 0.000763 e. The number of hydrogen-bond acceptors (Lipinski definition) is 0. The molecule has 0 aromatic heterocycles. The molecule has 0 bridgehead atoms. The van der Waals surface area contributed by atoms with Gasteiger partial charge < -0.3 is 0 Å². The molecule has 0 saturated heterocycles. The monoisotopic (exact) mass is 724 g/mol. The lowest BCUT2D eigenvalue weighted by Crippen LogP contribution is -1.94. The molecule has 0 fully saturated rings. The Morgan fingerprint density at radius 1 is 0.155 bits per heavy atom. The van der Waals surface area contributed by atoms with Crippen LogP contribution < -0.4 is 0 Å². The molecule has 0 nitrogen and oxygen atoms in total. The maximum Gasteiger partial charge on any atom is -0.000763 e. The van der Waals surface area contributed by atoms with Crippen LogP contribution in [0.3, 0.4) is 0 Å². The van der Waals surface area contributed by atoms with Gasteiger partial charge in [0.15, 0.2) is 0 Å². The summed E-state index contributed by atoms with van der Waals surface area (Å²) in [5, 5.41) is 35.2. The maximum atomic E-state index is 2.46. The van der Waals surface area contributed by atoms with Crippen molar-refractivity contribution in [3.8, 4) is 22.3 Å². The molecule has 0 heterocycles. The van der Waals surface area contributed by atoms with E-state index in [1.165, 1.54) is 162 Å². The summed E-state index contributed by atoms with van der Waals surface area (Å²) in [6, 6.07) is 65.7. The second-order valence-corrected chi connectivity index (χ2v) is 17.1. The van der Waals surface area contributed by atoms with Crippen molar-refractivity contribution in [3.63, 3.8) is 0 Å². The number of rotatable bonds is 2. The molecule has 16 rings (SSSR count). The number of hydrogen-bond donors (Lipinski definition) is 0. The van der Waals surface area contributed by atoms with E-state index < -0.39 is 0 Å². The topological polar surface area (TPSA) is 0 Å². The van der Waals surface area contributed by atoms with E-state index >= 15 is 0 Å². The Bertz CT molecular complexity index is 4010. The highest BCUT2D eigenvalue weighted by atomic mass is 14.3. The van der Waals surface area contributed by atoms with Gasteiger partial charge in [-0.1, -0.05) is 146 Å². The summed E-state index contributed by atoms with van der Waals surface area (Å²) in [5.41, 5.74) is 5.11. The summed E-state index contributed by atoms with van der Waals surface area (Å²) in [6.07, 6.45) is 0. The summed E-state index contributed by atoms with van der Waals surface area (Å²) in [7, 11) is 0. The third-order valence-electron chi connectivity index (χ3n) is 14.5. The van der Waals surface area contributed by atoms with E-state index in [2.05, 4.69) is 170 Å². The molecule has 58 heavy (non-hydrogen) atoms. The van der Waals surface area contributed by atoms with Crippen molar-refractivity contribution in [1.29, 1.82) is 0 Å². The molecule has 0 heteroatoms. The van der Waals surface area contributed by atoms with Gasteiger partial charge in [-0.2, -0.15) is 0 Å². The van der Waals surface area contributed by atoms with Crippen molar-refractivity contribution in [2.75, 3.05) is 0 Å². The first kappa shape index (κ1) is 28.8. The summed E-state index contributed by atoms with van der Waals surface area (Å²) >= 11 is 0. The van der Waals surface area contributed by atoms with Crippen molar-refractivity contribution in [3.05, 3.63) is 170 Å². The van der Waals surface area contributed by atoms with Gasteiger partial charge in [0.05, 0.1) is 0 Å². The Hall–Kier alpha value is -7.54. The first-order valence-electron chi connectivity index (χ1n) is 20.5. The van der Waals surface area contributed by atoms with Crippen LogP contribution in [0.1, 0.15) is 0 Å². The van der Waals surface area contributed by atoms with Gasteiger partial charge in [0, 0.05) is 0 Å². The number of fused-ring (bicyclic) bond motifs is 1. The first-order chi connectivity index (χ1) is 28.7. The molecule has 0 amide bonds. The molecular weight excluding hydrogens is 697 g/mol. The van der Waals surface area contributed by atoms with Gasteiger partial charge in [-0.3, -0.25) is 0 Å². The van der Waals surface area contributed by atoms with Gasteiger partial charge in [-0.25, -0.2) is 0 Å². The molecule has 0 aliphatic heterocycles. The van der Waals surface area contributed by atoms with E-state index in [1.54, 1.807) is 0 Å². The lowest BCUT2D eigenvalue weighted by atomic mass is 9.80. The zero-order valence-corrected chi connectivity index (χ0v) is 31.2. The second-order valence-electron chi connectivity index (χ2n) is 17.1. The summed E-state index contributed by atoms with van der Waals surface area (Å²) < 4.78 is 0. The zero-order chi connectivity index (χ0) is 37.1. The Balaban J connectivity index is 0.973. The summed E-state index contributed by atoms with van der Waals surface area (Å²) in [6.45, 7) is 0. The number of benzene rings is 16. The van der Waals surface area contributed by atoms with Gasteiger partial charge in [0.25, 0.3) is 0 Å². The molecule has 16 aromatic rings. The minimum atomic E-state index is 1.26. The van der Waals surface area contributed by atoms with Crippen LogP contribution in [0.25, 0.3) is 162 Å².